The zero-order valence-corrected chi connectivity index (χ0v) is 17.8. The number of rotatable bonds is 4. The predicted molar refractivity (Wildman–Crippen MR) is 112 cm³/mol. The standard InChI is InChI=1S/C22H23FN4O3S/c23-18-8-17-14(9-27(22(17)30)19-1-2-20(28)25-21(19)29)7-16(18)13-3-5-26(6-4-13)10-15-11-31-12-24-15/h7-8,11-13,19H,1-6,9-10H2,(H,25,28,29). The maximum atomic E-state index is 15.0. The number of benzene rings is 1. The minimum atomic E-state index is -0.682. The van der Waals surface area contributed by atoms with Crippen LogP contribution in [-0.4, -0.2) is 51.6 Å². The lowest BCUT2D eigenvalue weighted by Crippen LogP contribution is -2.52. The highest BCUT2D eigenvalue weighted by molar-refractivity contribution is 7.07. The van der Waals surface area contributed by atoms with Gasteiger partial charge in [-0.3, -0.25) is 24.6 Å². The van der Waals surface area contributed by atoms with Gasteiger partial charge in [0, 0.05) is 30.5 Å². The van der Waals surface area contributed by atoms with Gasteiger partial charge in [0.15, 0.2) is 0 Å². The summed E-state index contributed by atoms with van der Waals surface area (Å²) in [7, 11) is 0. The Morgan fingerprint density at radius 2 is 1.97 bits per heavy atom. The average molecular weight is 443 g/mol. The molecule has 9 heteroatoms. The average Bonchev–Trinajstić information content (AvgIpc) is 3.37. The molecule has 0 aliphatic carbocycles. The first-order chi connectivity index (χ1) is 15.0. The number of thiazole rings is 1. The third-order valence-electron chi connectivity index (χ3n) is 6.54. The molecule has 2 fully saturated rings. The minimum Gasteiger partial charge on any atom is -0.322 e. The number of nitrogens with zero attached hydrogens (tertiary/aromatic N) is 3. The van der Waals surface area contributed by atoms with Crippen LogP contribution in [0.1, 0.15) is 58.8 Å². The molecule has 0 saturated carbocycles. The van der Waals surface area contributed by atoms with Gasteiger partial charge in [-0.1, -0.05) is 6.07 Å². The molecule has 0 spiro atoms. The van der Waals surface area contributed by atoms with Gasteiger partial charge in [-0.25, -0.2) is 9.37 Å². The zero-order valence-electron chi connectivity index (χ0n) is 17.0. The molecule has 1 aromatic carbocycles. The van der Waals surface area contributed by atoms with Crippen molar-refractivity contribution in [2.24, 2.45) is 0 Å². The van der Waals surface area contributed by atoms with E-state index in [4.69, 9.17) is 0 Å². The van der Waals surface area contributed by atoms with Crippen LogP contribution >= 0.6 is 11.3 Å². The van der Waals surface area contributed by atoms with Gasteiger partial charge in [0.25, 0.3) is 5.91 Å². The molecule has 3 aliphatic rings. The van der Waals surface area contributed by atoms with Crippen molar-refractivity contribution in [2.75, 3.05) is 13.1 Å². The van der Waals surface area contributed by atoms with Crippen LogP contribution in [0.4, 0.5) is 4.39 Å². The highest BCUT2D eigenvalue weighted by Gasteiger charge is 2.40. The van der Waals surface area contributed by atoms with Crippen molar-refractivity contribution in [3.8, 4) is 0 Å². The van der Waals surface area contributed by atoms with E-state index in [9.17, 15) is 18.8 Å². The van der Waals surface area contributed by atoms with Gasteiger partial charge in [-0.15, -0.1) is 11.3 Å². The Hall–Kier alpha value is -2.65. The summed E-state index contributed by atoms with van der Waals surface area (Å²) in [5, 5.41) is 4.35. The number of hydrogen-bond acceptors (Lipinski definition) is 6. The lowest BCUT2D eigenvalue weighted by Gasteiger charge is -2.32. The quantitative estimate of drug-likeness (QED) is 0.736. The molecule has 2 saturated heterocycles. The second-order valence-electron chi connectivity index (χ2n) is 8.46. The molecule has 2 aromatic rings. The Balaban J connectivity index is 1.29. The van der Waals surface area contributed by atoms with Crippen LogP contribution in [0.3, 0.4) is 0 Å². The largest absolute Gasteiger partial charge is 0.322 e. The number of piperidine rings is 2. The number of carbonyl (C=O) groups excluding carboxylic acids is 3. The third-order valence-corrected chi connectivity index (χ3v) is 7.17. The van der Waals surface area contributed by atoms with Crippen LogP contribution < -0.4 is 5.32 Å². The number of aromatic nitrogens is 1. The van der Waals surface area contributed by atoms with Crippen molar-refractivity contribution in [1.82, 2.24) is 20.1 Å². The molecule has 1 atom stereocenters. The number of halogens is 1. The summed E-state index contributed by atoms with van der Waals surface area (Å²) in [5.74, 6) is -1.36. The summed E-state index contributed by atoms with van der Waals surface area (Å²) in [4.78, 5) is 44.6. The van der Waals surface area contributed by atoms with Crippen LogP contribution in [-0.2, 0) is 22.7 Å². The molecule has 31 heavy (non-hydrogen) atoms. The molecular weight excluding hydrogens is 419 g/mol. The Bertz CT molecular complexity index is 1030. The van der Waals surface area contributed by atoms with Crippen LogP contribution in [0.15, 0.2) is 23.0 Å². The van der Waals surface area contributed by atoms with E-state index >= 15 is 0 Å². The van der Waals surface area contributed by atoms with Gasteiger partial charge in [0.1, 0.15) is 11.9 Å². The molecule has 162 valence electrons. The highest BCUT2D eigenvalue weighted by atomic mass is 32.1. The first-order valence-corrected chi connectivity index (χ1v) is 11.5. The van der Waals surface area contributed by atoms with E-state index in [2.05, 4.69) is 20.6 Å². The van der Waals surface area contributed by atoms with Crippen molar-refractivity contribution < 1.29 is 18.8 Å². The Morgan fingerprint density at radius 3 is 2.68 bits per heavy atom. The monoisotopic (exact) mass is 442 g/mol. The molecule has 5 rings (SSSR count). The van der Waals surface area contributed by atoms with Crippen molar-refractivity contribution in [2.45, 2.75) is 50.7 Å². The zero-order chi connectivity index (χ0) is 21.5. The predicted octanol–water partition coefficient (Wildman–Crippen LogP) is 2.42. The van der Waals surface area contributed by atoms with E-state index in [1.165, 1.54) is 11.0 Å². The number of amides is 3. The second kappa shape index (κ2) is 8.12. The first-order valence-electron chi connectivity index (χ1n) is 10.6. The van der Waals surface area contributed by atoms with Gasteiger partial charge in [-0.2, -0.15) is 0 Å². The van der Waals surface area contributed by atoms with E-state index in [1.54, 1.807) is 11.3 Å². The normalized spacial score (nSPS) is 22.7. The lowest BCUT2D eigenvalue weighted by atomic mass is 9.87. The van der Waals surface area contributed by atoms with E-state index < -0.39 is 11.9 Å². The first kappa shape index (κ1) is 20.3. The van der Waals surface area contributed by atoms with Gasteiger partial charge in [-0.05, 0) is 55.5 Å². The Kier molecular flexibility index (Phi) is 5.31. The molecule has 1 unspecified atom stereocenters. The lowest BCUT2D eigenvalue weighted by molar-refractivity contribution is -0.136. The van der Waals surface area contributed by atoms with Crippen LogP contribution in [0.25, 0.3) is 0 Å². The smallest absolute Gasteiger partial charge is 0.255 e. The Morgan fingerprint density at radius 1 is 1.16 bits per heavy atom. The SMILES string of the molecule is O=C1CCC(N2Cc3cc(C4CCN(Cc5cscn5)CC4)c(F)cc3C2=O)C(=O)N1. The molecule has 7 nitrogen and oxygen atoms in total. The molecule has 1 N–H and O–H groups in total. The summed E-state index contributed by atoms with van der Waals surface area (Å²) < 4.78 is 15.0. The summed E-state index contributed by atoms with van der Waals surface area (Å²) in [6.07, 6.45) is 2.21. The Labute approximate surface area is 183 Å². The molecule has 1 aromatic heterocycles. The second-order valence-corrected chi connectivity index (χ2v) is 9.18. The fourth-order valence-corrected chi connectivity index (χ4v) is 5.42. The van der Waals surface area contributed by atoms with Gasteiger partial charge >= 0.3 is 0 Å². The number of imide groups is 1. The molecule has 0 radical (unpaired) electrons. The molecule has 4 heterocycles. The maximum Gasteiger partial charge on any atom is 0.255 e. The van der Waals surface area contributed by atoms with Crippen molar-refractivity contribution in [3.63, 3.8) is 0 Å². The van der Waals surface area contributed by atoms with E-state index in [-0.39, 0.29) is 36.5 Å². The van der Waals surface area contributed by atoms with Gasteiger partial charge in [0.2, 0.25) is 11.8 Å². The number of carbonyl (C=O) groups is 3. The summed E-state index contributed by atoms with van der Waals surface area (Å²) in [6, 6.07) is 2.47. The summed E-state index contributed by atoms with van der Waals surface area (Å²) >= 11 is 1.59. The molecular formula is C22H23FN4O3S. The number of hydrogen-bond donors (Lipinski definition) is 1. The number of nitrogens with one attached hydrogen (secondary N) is 1. The molecule has 3 amide bonds. The van der Waals surface area contributed by atoms with E-state index in [0.29, 0.717) is 17.5 Å². The maximum absolute atomic E-state index is 15.0. The number of likely N-dealkylation sites (tertiary alicyclic amines) is 1. The van der Waals surface area contributed by atoms with Gasteiger partial charge in [0.05, 0.1) is 11.2 Å². The van der Waals surface area contributed by atoms with Crippen LogP contribution in [0, 0.1) is 5.82 Å². The van der Waals surface area contributed by atoms with E-state index in [0.717, 1.165) is 43.7 Å². The fourth-order valence-electron chi connectivity index (χ4n) is 4.87. The third kappa shape index (κ3) is 3.87. The van der Waals surface area contributed by atoms with Crippen molar-refractivity contribution >= 4 is 29.1 Å². The van der Waals surface area contributed by atoms with Crippen LogP contribution in [0.5, 0.6) is 0 Å². The van der Waals surface area contributed by atoms with Crippen LogP contribution in [0.2, 0.25) is 0 Å². The molecule has 3 aliphatic heterocycles. The van der Waals surface area contributed by atoms with Crippen molar-refractivity contribution in [1.29, 1.82) is 0 Å². The summed E-state index contributed by atoms with van der Waals surface area (Å²) in [6.45, 7) is 2.84. The summed E-state index contributed by atoms with van der Waals surface area (Å²) in [5.41, 5.74) is 4.65. The van der Waals surface area contributed by atoms with Crippen molar-refractivity contribution in [3.05, 3.63) is 51.2 Å². The highest BCUT2D eigenvalue weighted by Crippen LogP contribution is 2.35. The number of fused-ring (bicyclic) bond motifs is 1. The topological polar surface area (TPSA) is 82.6 Å². The molecule has 0 bridgehead atoms. The minimum absolute atomic E-state index is 0.108. The van der Waals surface area contributed by atoms with E-state index in [1.807, 2.05) is 11.6 Å². The van der Waals surface area contributed by atoms with Gasteiger partial charge < -0.3 is 4.90 Å². The fraction of sp³-hybridized carbons (Fsp3) is 0.455.